The monoisotopic (exact) mass is 412 g/mol. The van der Waals surface area contributed by atoms with E-state index in [0.717, 1.165) is 29.4 Å². The number of para-hydroxylation sites is 1. The van der Waals surface area contributed by atoms with Crippen LogP contribution in [0.3, 0.4) is 0 Å². The second kappa shape index (κ2) is 10.4. The topological polar surface area (TPSA) is 88.3 Å². The lowest BCUT2D eigenvalue weighted by Gasteiger charge is -2.32. The number of hydrogen-bond acceptors (Lipinski definition) is 4. The number of aromatic nitrogens is 1. The zero-order valence-corrected chi connectivity index (χ0v) is 16.9. The highest BCUT2D eigenvalue weighted by Crippen LogP contribution is 2.22. The third kappa shape index (κ3) is 5.31. The number of likely N-dealkylation sites (tertiary alicyclic amines) is 1. The maximum absolute atomic E-state index is 13.0. The summed E-state index contributed by atoms with van der Waals surface area (Å²) >= 11 is 0. The van der Waals surface area contributed by atoms with Crippen molar-refractivity contribution in [2.75, 3.05) is 26.2 Å². The molecule has 0 aliphatic carbocycles. The number of nitrogens with one attached hydrogen (secondary N) is 1. The minimum Gasteiger partial charge on any atom is -0.355 e. The van der Waals surface area contributed by atoms with Crippen LogP contribution in [-0.4, -0.2) is 47.9 Å². The lowest BCUT2D eigenvalue weighted by atomic mass is 9.96. The van der Waals surface area contributed by atoms with E-state index in [-0.39, 0.29) is 42.5 Å². The van der Waals surface area contributed by atoms with Crippen LogP contribution in [0.25, 0.3) is 10.9 Å². The zero-order valence-electron chi connectivity index (χ0n) is 15.3. The summed E-state index contributed by atoms with van der Waals surface area (Å²) in [5.41, 5.74) is 7.65. The molecular weight excluding hydrogens is 387 g/mol. The van der Waals surface area contributed by atoms with Crippen LogP contribution in [-0.2, 0) is 4.79 Å². The Morgan fingerprint density at radius 3 is 2.78 bits per heavy atom. The summed E-state index contributed by atoms with van der Waals surface area (Å²) in [6, 6.07) is 9.67. The molecule has 1 aromatic heterocycles. The minimum atomic E-state index is -0.169. The van der Waals surface area contributed by atoms with Crippen LogP contribution < -0.4 is 11.1 Å². The molecule has 1 fully saturated rings. The normalized spacial score (nSPS) is 16.2. The predicted molar refractivity (Wildman–Crippen MR) is 112 cm³/mol. The van der Waals surface area contributed by atoms with Crippen LogP contribution in [0.1, 0.15) is 28.9 Å². The van der Waals surface area contributed by atoms with Gasteiger partial charge in [-0.2, -0.15) is 0 Å². The number of pyridine rings is 1. The van der Waals surface area contributed by atoms with Crippen LogP contribution in [0, 0.1) is 12.8 Å². The standard InChI is InChI=1S/C19H24N4O2.2ClH/c1-13-16(11-14-5-2-3-7-17(14)22-13)19(25)23-10-4-6-15(12-23)18(24)21-9-8-20;;/h2-3,5,7,11,15H,4,6,8-10,12,20H2,1H3,(H,21,24);2*1H. The fraction of sp³-hybridized carbons (Fsp3) is 0.421. The average molecular weight is 413 g/mol. The lowest BCUT2D eigenvalue weighted by molar-refractivity contribution is -0.126. The summed E-state index contributed by atoms with van der Waals surface area (Å²) in [7, 11) is 0. The van der Waals surface area contributed by atoms with Crippen molar-refractivity contribution in [2.24, 2.45) is 11.7 Å². The molecule has 148 valence electrons. The molecular formula is C19H26Cl2N4O2. The molecule has 1 aliphatic heterocycles. The smallest absolute Gasteiger partial charge is 0.255 e. The van der Waals surface area contributed by atoms with Gasteiger partial charge in [0.1, 0.15) is 0 Å². The number of rotatable bonds is 4. The first kappa shape index (κ1) is 23.1. The Bertz CT molecular complexity index is 800. The van der Waals surface area contributed by atoms with Crippen molar-refractivity contribution < 1.29 is 9.59 Å². The molecule has 1 unspecified atom stereocenters. The summed E-state index contributed by atoms with van der Waals surface area (Å²) in [5, 5.41) is 3.77. The van der Waals surface area contributed by atoms with E-state index in [1.807, 2.05) is 37.3 Å². The van der Waals surface area contributed by atoms with Crippen molar-refractivity contribution in [1.82, 2.24) is 15.2 Å². The van der Waals surface area contributed by atoms with Gasteiger partial charge in [0.15, 0.2) is 0 Å². The quantitative estimate of drug-likeness (QED) is 0.805. The predicted octanol–water partition coefficient (Wildman–Crippen LogP) is 2.31. The largest absolute Gasteiger partial charge is 0.355 e. The molecule has 0 saturated carbocycles. The van der Waals surface area contributed by atoms with Gasteiger partial charge in [-0.05, 0) is 31.9 Å². The molecule has 1 saturated heterocycles. The number of aryl methyl sites for hydroxylation is 1. The van der Waals surface area contributed by atoms with Crippen molar-refractivity contribution in [1.29, 1.82) is 0 Å². The Balaban J connectivity index is 0.00000182. The van der Waals surface area contributed by atoms with Crippen LogP contribution >= 0.6 is 24.8 Å². The van der Waals surface area contributed by atoms with Gasteiger partial charge in [0.2, 0.25) is 5.91 Å². The number of hydrogen-bond donors (Lipinski definition) is 2. The number of nitrogens with two attached hydrogens (primary N) is 1. The Kier molecular flexibility index (Phi) is 8.96. The summed E-state index contributed by atoms with van der Waals surface area (Å²) in [5.74, 6) is -0.235. The molecule has 8 heteroatoms. The van der Waals surface area contributed by atoms with E-state index in [2.05, 4.69) is 10.3 Å². The summed E-state index contributed by atoms with van der Waals surface area (Å²) in [4.78, 5) is 31.5. The van der Waals surface area contributed by atoms with Gasteiger partial charge in [0.25, 0.3) is 5.91 Å². The molecule has 2 aromatic rings. The van der Waals surface area contributed by atoms with Gasteiger partial charge < -0.3 is 16.0 Å². The highest BCUT2D eigenvalue weighted by atomic mass is 35.5. The molecule has 3 N–H and O–H groups in total. The number of fused-ring (bicyclic) bond motifs is 1. The number of benzene rings is 1. The van der Waals surface area contributed by atoms with Gasteiger partial charge in [-0.1, -0.05) is 18.2 Å². The van der Waals surface area contributed by atoms with E-state index < -0.39 is 0 Å². The molecule has 2 amide bonds. The number of amides is 2. The molecule has 0 bridgehead atoms. The summed E-state index contributed by atoms with van der Waals surface area (Å²) in [6.45, 7) is 3.86. The second-order valence-electron chi connectivity index (χ2n) is 6.48. The van der Waals surface area contributed by atoms with Gasteiger partial charge in [-0.3, -0.25) is 14.6 Å². The number of carbonyl (C=O) groups is 2. The van der Waals surface area contributed by atoms with Crippen molar-refractivity contribution in [2.45, 2.75) is 19.8 Å². The molecule has 1 atom stereocenters. The molecule has 1 aromatic carbocycles. The molecule has 1 aliphatic rings. The third-order valence-electron chi connectivity index (χ3n) is 4.67. The van der Waals surface area contributed by atoms with Crippen LogP contribution in [0.4, 0.5) is 0 Å². The number of nitrogens with zero attached hydrogens (tertiary/aromatic N) is 2. The average Bonchev–Trinajstić information content (AvgIpc) is 2.65. The summed E-state index contributed by atoms with van der Waals surface area (Å²) < 4.78 is 0. The fourth-order valence-corrected chi connectivity index (χ4v) is 3.31. The first-order valence-electron chi connectivity index (χ1n) is 8.73. The molecule has 2 heterocycles. The van der Waals surface area contributed by atoms with Crippen molar-refractivity contribution in [3.8, 4) is 0 Å². The Morgan fingerprint density at radius 1 is 1.30 bits per heavy atom. The van der Waals surface area contributed by atoms with Gasteiger partial charge in [-0.15, -0.1) is 24.8 Å². The van der Waals surface area contributed by atoms with Crippen molar-refractivity contribution in [3.63, 3.8) is 0 Å². The highest BCUT2D eigenvalue weighted by molar-refractivity contribution is 5.99. The van der Waals surface area contributed by atoms with Crippen molar-refractivity contribution >= 4 is 47.5 Å². The maximum Gasteiger partial charge on any atom is 0.255 e. The van der Waals surface area contributed by atoms with Crippen molar-refractivity contribution in [3.05, 3.63) is 41.6 Å². The maximum atomic E-state index is 13.0. The Hall–Kier alpha value is -1.89. The first-order chi connectivity index (χ1) is 12.1. The highest BCUT2D eigenvalue weighted by Gasteiger charge is 2.29. The lowest BCUT2D eigenvalue weighted by Crippen LogP contribution is -2.46. The van der Waals surface area contributed by atoms with E-state index >= 15 is 0 Å². The molecule has 0 spiro atoms. The van der Waals surface area contributed by atoms with E-state index in [9.17, 15) is 9.59 Å². The first-order valence-corrected chi connectivity index (χ1v) is 8.73. The Morgan fingerprint density at radius 2 is 2.04 bits per heavy atom. The second-order valence-corrected chi connectivity index (χ2v) is 6.48. The van der Waals surface area contributed by atoms with Crippen LogP contribution in [0.2, 0.25) is 0 Å². The fourth-order valence-electron chi connectivity index (χ4n) is 3.31. The zero-order chi connectivity index (χ0) is 17.8. The van der Waals surface area contributed by atoms with Gasteiger partial charge in [0.05, 0.1) is 22.7 Å². The van der Waals surface area contributed by atoms with Crippen LogP contribution in [0.15, 0.2) is 30.3 Å². The molecule has 27 heavy (non-hydrogen) atoms. The van der Waals surface area contributed by atoms with Crippen LogP contribution in [0.5, 0.6) is 0 Å². The third-order valence-corrected chi connectivity index (χ3v) is 4.67. The number of carbonyl (C=O) groups excluding carboxylic acids is 2. The molecule has 0 radical (unpaired) electrons. The molecule has 3 rings (SSSR count). The number of halogens is 2. The Labute approximate surface area is 171 Å². The van der Waals surface area contributed by atoms with E-state index in [1.54, 1.807) is 4.90 Å². The summed E-state index contributed by atoms with van der Waals surface area (Å²) in [6.07, 6.45) is 1.63. The van der Waals surface area contributed by atoms with E-state index in [1.165, 1.54) is 0 Å². The van der Waals surface area contributed by atoms with Gasteiger partial charge in [0, 0.05) is 31.6 Å². The van der Waals surface area contributed by atoms with Gasteiger partial charge >= 0.3 is 0 Å². The minimum absolute atomic E-state index is 0. The van der Waals surface area contributed by atoms with E-state index in [4.69, 9.17) is 5.73 Å². The SMILES string of the molecule is Cc1nc2ccccc2cc1C(=O)N1CCCC(C(=O)NCCN)C1.Cl.Cl. The van der Waals surface area contributed by atoms with Gasteiger partial charge in [-0.25, -0.2) is 0 Å². The molecule has 6 nitrogen and oxygen atoms in total. The number of piperidine rings is 1. The van der Waals surface area contributed by atoms with E-state index in [0.29, 0.717) is 31.7 Å².